The van der Waals surface area contributed by atoms with Crippen LogP contribution in [0.2, 0.25) is 5.02 Å². The van der Waals surface area contributed by atoms with E-state index in [0.717, 1.165) is 18.4 Å². The first-order valence-electron chi connectivity index (χ1n) is 7.06. The largest absolute Gasteiger partial charge is 0.481 e. The lowest BCUT2D eigenvalue weighted by Gasteiger charge is -2.24. The van der Waals surface area contributed by atoms with Crippen molar-refractivity contribution >= 4 is 29.3 Å². The Hall–Kier alpha value is -1.75. The second-order valence-corrected chi connectivity index (χ2v) is 6.16. The molecule has 3 unspecified atom stereocenters. The van der Waals surface area contributed by atoms with E-state index >= 15 is 0 Å². The van der Waals surface area contributed by atoms with Crippen LogP contribution < -0.4 is 5.32 Å². The van der Waals surface area contributed by atoms with Crippen molar-refractivity contribution < 1.29 is 14.7 Å². The number of urea groups is 1. The van der Waals surface area contributed by atoms with Crippen molar-refractivity contribution in [3.8, 4) is 0 Å². The van der Waals surface area contributed by atoms with Crippen LogP contribution in [0.25, 0.3) is 0 Å². The molecule has 6 heteroatoms. The van der Waals surface area contributed by atoms with Gasteiger partial charge in [-0.3, -0.25) is 4.79 Å². The number of para-hydroxylation sites is 1. The molecule has 3 atom stereocenters. The number of rotatable bonds is 2. The predicted molar refractivity (Wildman–Crippen MR) is 79.6 cm³/mol. The highest BCUT2D eigenvalue weighted by Gasteiger charge is 2.51. The SMILES string of the molecule is Cc1cccc(Cl)c1NC(=O)N1C2CCC1C(C(=O)O)C2. The monoisotopic (exact) mass is 308 g/mol. The van der Waals surface area contributed by atoms with Crippen molar-refractivity contribution in [2.24, 2.45) is 5.92 Å². The molecule has 0 saturated carbocycles. The molecule has 2 bridgehead atoms. The second-order valence-electron chi connectivity index (χ2n) is 5.75. The molecule has 2 amide bonds. The summed E-state index contributed by atoms with van der Waals surface area (Å²) in [5.41, 5.74) is 1.49. The fourth-order valence-electron chi connectivity index (χ4n) is 3.53. The topological polar surface area (TPSA) is 69.6 Å². The summed E-state index contributed by atoms with van der Waals surface area (Å²) in [5, 5.41) is 12.6. The van der Waals surface area contributed by atoms with E-state index in [1.807, 2.05) is 19.1 Å². The molecule has 2 saturated heterocycles. The van der Waals surface area contributed by atoms with E-state index in [1.54, 1.807) is 11.0 Å². The number of hydrogen-bond acceptors (Lipinski definition) is 2. The molecule has 0 aliphatic carbocycles. The van der Waals surface area contributed by atoms with Crippen LogP contribution >= 0.6 is 11.6 Å². The summed E-state index contributed by atoms with van der Waals surface area (Å²) in [6.45, 7) is 1.88. The molecule has 0 spiro atoms. The minimum atomic E-state index is -0.811. The minimum Gasteiger partial charge on any atom is -0.481 e. The number of amides is 2. The van der Waals surface area contributed by atoms with Gasteiger partial charge in [-0.1, -0.05) is 23.7 Å². The predicted octanol–water partition coefficient (Wildman–Crippen LogP) is 3.12. The van der Waals surface area contributed by atoms with Crippen molar-refractivity contribution in [1.82, 2.24) is 4.90 Å². The van der Waals surface area contributed by atoms with E-state index in [-0.39, 0.29) is 18.1 Å². The minimum absolute atomic E-state index is 0.0268. The highest BCUT2D eigenvalue weighted by molar-refractivity contribution is 6.33. The van der Waals surface area contributed by atoms with Crippen molar-refractivity contribution in [1.29, 1.82) is 0 Å². The van der Waals surface area contributed by atoms with Gasteiger partial charge in [0.2, 0.25) is 0 Å². The number of aryl methyl sites for hydroxylation is 1. The van der Waals surface area contributed by atoms with E-state index in [0.29, 0.717) is 17.1 Å². The van der Waals surface area contributed by atoms with Gasteiger partial charge in [-0.05, 0) is 37.8 Å². The van der Waals surface area contributed by atoms with Crippen LogP contribution in [0.5, 0.6) is 0 Å². The van der Waals surface area contributed by atoms with Gasteiger partial charge in [-0.25, -0.2) is 4.79 Å². The third kappa shape index (κ3) is 2.35. The molecule has 0 aromatic heterocycles. The summed E-state index contributed by atoms with van der Waals surface area (Å²) in [4.78, 5) is 25.5. The van der Waals surface area contributed by atoms with Gasteiger partial charge in [-0.15, -0.1) is 0 Å². The zero-order chi connectivity index (χ0) is 15.1. The van der Waals surface area contributed by atoms with E-state index < -0.39 is 11.9 Å². The average molecular weight is 309 g/mol. The zero-order valence-electron chi connectivity index (χ0n) is 11.7. The standard InChI is InChI=1S/C15H17ClN2O3/c1-8-3-2-4-11(16)13(8)17-15(21)18-9-5-6-12(18)10(7-9)14(19)20/h2-4,9-10,12H,5-7H2,1H3,(H,17,21)(H,19,20). The number of anilines is 1. The Morgan fingerprint density at radius 3 is 2.76 bits per heavy atom. The molecule has 21 heavy (non-hydrogen) atoms. The summed E-state index contributed by atoms with van der Waals surface area (Å²) in [5.74, 6) is -1.25. The van der Waals surface area contributed by atoms with Crippen LogP contribution in [-0.2, 0) is 4.79 Å². The first-order chi connectivity index (χ1) is 9.99. The third-order valence-corrected chi connectivity index (χ3v) is 4.86. The normalized spacial score (nSPS) is 27.0. The van der Waals surface area contributed by atoms with Gasteiger partial charge in [0.05, 0.1) is 16.6 Å². The Labute approximate surface area is 127 Å². The molecular formula is C15H17ClN2O3. The molecule has 3 rings (SSSR count). The Morgan fingerprint density at radius 2 is 2.14 bits per heavy atom. The van der Waals surface area contributed by atoms with Crippen LogP contribution in [0.4, 0.5) is 10.5 Å². The highest BCUT2D eigenvalue weighted by atomic mass is 35.5. The third-order valence-electron chi connectivity index (χ3n) is 4.54. The van der Waals surface area contributed by atoms with Gasteiger partial charge in [0.15, 0.2) is 0 Å². The summed E-state index contributed by atoms with van der Waals surface area (Å²) >= 11 is 6.12. The fourth-order valence-corrected chi connectivity index (χ4v) is 3.80. The lowest BCUT2D eigenvalue weighted by Crippen LogP contribution is -2.40. The Bertz CT molecular complexity index is 584. The number of carboxylic acids is 1. The maximum absolute atomic E-state index is 12.5. The smallest absolute Gasteiger partial charge is 0.322 e. The number of carboxylic acid groups (broad SMARTS) is 1. The van der Waals surface area contributed by atoms with E-state index in [4.69, 9.17) is 11.6 Å². The van der Waals surface area contributed by atoms with Crippen LogP contribution in [-0.4, -0.2) is 34.1 Å². The maximum Gasteiger partial charge on any atom is 0.322 e. The molecule has 1 aromatic carbocycles. The zero-order valence-corrected chi connectivity index (χ0v) is 12.4. The fraction of sp³-hybridized carbons (Fsp3) is 0.467. The van der Waals surface area contributed by atoms with Gasteiger partial charge in [0, 0.05) is 12.1 Å². The van der Waals surface area contributed by atoms with Gasteiger partial charge in [-0.2, -0.15) is 0 Å². The number of carbonyl (C=O) groups is 2. The Morgan fingerprint density at radius 1 is 1.38 bits per heavy atom. The lowest BCUT2D eigenvalue weighted by atomic mass is 9.89. The number of nitrogens with one attached hydrogen (secondary N) is 1. The molecule has 2 aliphatic rings. The van der Waals surface area contributed by atoms with Gasteiger partial charge in [0.25, 0.3) is 0 Å². The van der Waals surface area contributed by atoms with E-state index in [9.17, 15) is 14.7 Å². The molecule has 112 valence electrons. The maximum atomic E-state index is 12.5. The summed E-state index contributed by atoms with van der Waals surface area (Å²) < 4.78 is 0. The summed E-state index contributed by atoms with van der Waals surface area (Å²) in [7, 11) is 0. The number of carbonyl (C=O) groups excluding carboxylic acids is 1. The van der Waals surface area contributed by atoms with E-state index in [2.05, 4.69) is 5.32 Å². The molecule has 0 radical (unpaired) electrons. The van der Waals surface area contributed by atoms with Gasteiger partial charge >= 0.3 is 12.0 Å². The number of halogens is 1. The average Bonchev–Trinajstić information content (AvgIpc) is 3.00. The van der Waals surface area contributed by atoms with Crippen LogP contribution in [0.1, 0.15) is 24.8 Å². The molecule has 5 nitrogen and oxygen atoms in total. The van der Waals surface area contributed by atoms with Gasteiger partial charge < -0.3 is 15.3 Å². The van der Waals surface area contributed by atoms with Crippen LogP contribution in [0.15, 0.2) is 18.2 Å². The number of hydrogen-bond donors (Lipinski definition) is 2. The number of fused-ring (bicyclic) bond motifs is 2. The molecule has 2 N–H and O–H groups in total. The second kappa shape index (κ2) is 5.22. The number of benzene rings is 1. The highest BCUT2D eigenvalue weighted by Crippen LogP contribution is 2.42. The molecular weight excluding hydrogens is 292 g/mol. The van der Waals surface area contributed by atoms with Gasteiger partial charge in [0.1, 0.15) is 0 Å². The number of aliphatic carboxylic acids is 1. The van der Waals surface area contributed by atoms with Crippen molar-refractivity contribution in [2.75, 3.05) is 5.32 Å². The van der Waals surface area contributed by atoms with Crippen LogP contribution in [0.3, 0.4) is 0 Å². The quantitative estimate of drug-likeness (QED) is 0.882. The molecule has 2 heterocycles. The van der Waals surface area contributed by atoms with Crippen molar-refractivity contribution in [3.63, 3.8) is 0 Å². The molecule has 2 aliphatic heterocycles. The molecule has 2 fully saturated rings. The van der Waals surface area contributed by atoms with Crippen LogP contribution in [0, 0.1) is 12.8 Å². The summed E-state index contributed by atoms with van der Waals surface area (Å²) in [6, 6.07) is 5.01. The molecule has 1 aromatic rings. The Balaban J connectivity index is 1.79. The number of nitrogens with zero attached hydrogens (tertiary/aromatic N) is 1. The lowest BCUT2D eigenvalue weighted by molar-refractivity contribution is -0.142. The van der Waals surface area contributed by atoms with Crippen molar-refractivity contribution in [2.45, 2.75) is 38.3 Å². The first kappa shape index (κ1) is 14.2. The summed E-state index contributed by atoms with van der Waals surface area (Å²) in [6.07, 6.45) is 2.19. The Kier molecular flexibility index (Phi) is 3.53. The first-order valence-corrected chi connectivity index (χ1v) is 7.44. The van der Waals surface area contributed by atoms with E-state index in [1.165, 1.54) is 0 Å². The van der Waals surface area contributed by atoms with Crippen molar-refractivity contribution in [3.05, 3.63) is 28.8 Å².